The van der Waals surface area contributed by atoms with Gasteiger partial charge in [-0.05, 0) is 0 Å². The van der Waals surface area contributed by atoms with E-state index >= 15 is 0 Å². The molecule has 0 unspecified atom stereocenters. The number of rotatable bonds is 1. The van der Waals surface area contributed by atoms with Gasteiger partial charge >= 0.3 is 0 Å². The van der Waals surface area contributed by atoms with Gasteiger partial charge in [-0.15, -0.1) is 0 Å². The molecule has 0 fully saturated rings. The number of hydrogen-bond acceptors (Lipinski definition) is 3. The Balaban J connectivity index is 3.58. The third-order valence-corrected chi connectivity index (χ3v) is 0.357. The molecule has 0 aliphatic carbocycles. The Bertz CT molecular complexity index is 96.4. The highest BCUT2D eigenvalue weighted by Crippen LogP contribution is 1.83. The molecule has 0 heterocycles. The molecule has 0 rings (SSSR count). The maximum Gasteiger partial charge on any atom is 0.158 e. The topological polar surface area (TPSA) is 64.4 Å². The molecule has 0 amide bonds. The van der Waals surface area contributed by atoms with E-state index in [-0.39, 0.29) is 0 Å². The van der Waals surface area contributed by atoms with Gasteiger partial charge in [0.1, 0.15) is 0 Å². The molecular weight excluding hydrogens is 97.1 g/mol. The fraction of sp³-hybridized carbons (Fsp3) is 0. The molecule has 0 bridgehead atoms. The lowest BCUT2D eigenvalue weighted by atomic mass is 10.6. The van der Waals surface area contributed by atoms with Crippen LogP contribution in [0.15, 0.2) is 17.1 Å². The normalized spacial score (nSPS) is 13.0. The van der Waals surface area contributed by atoms with Crippen LogP contribution in [0.2, 0.25) is 0 Å². The summed E-state index contributed by atoms with van der Waals surface area (Å²) >= 11 is 0. The monoisotopic (exact) mass is 103 g/mol. The number of hydrazone groups is 1. The number of nitrogens with two attached hydrogens (primary N) is 2. The zero-order valence-electron chi connectivity index (χ0n) is 3.63. The molecule has 0 atom stereocenters. The highest BCUT2D eigenvalue weighted by Gasteiger charge is 1.78. The van der Waals surface area contributed by atoms with Gasteiger partial charge in [-0.25, -0.2) is 4.39 Å². The van der Waals surface area contributed by atoms with Crippen molar-refractivity contribution in [3.05, 3.63) is 12.0 Å². The Morgan fingerprint density at radius 3 is 2.43 bits per heavy atom. The van der Waals surface area contributed by atoms with E-state index in [9.17, 15) is 4.39 Å². The van der Waals surface area contributed by atoms with E-state index in [1.807, 2.05) is 0 Å². The molecule has 3 nitrogen and oxygen atoms in total. The first-order valence-corrected chi connectivity index (χ1v) is 1.62. The minimum Gasteiger partial charge on any atom is -0.402 e. The first-order valence-electron chi connectivity index (χ1n) is 1.62. The van der Waals surface area contributed by atoms with Crippen LogP contribution in [0, 0.1) is 0 Å². The van der Waals surface area contributed by atoms with Gasteiger partial charge < -0.3 is 11.6 Å². The van der Waals surface area contributed by atoms with Crippen molar-refractivity contribution in [1.29, 1.82) is 0 Å². The van der Waals surface area contributed by atoms with E-state index in [1.54, 1.807) is 0 Å². The Kier molecular flexibility index (Phi) is 2.67. The summed E-state index contributed by atoms with van der Waals surface area (Å²) in [5.74, 6) is 3.90. The maximum atomic E-state index is 11.6. The van der Waals surface area contributed by atoms with E-state index in [1.165, 1.54) is 0 Å². The minimum atomic E-state index is -0.637. The summed E-state index contributed by atoms with van der Waals surface area (Å²) in [6, 6.07) is 0. The number of allylic oxidation sites excluding steroid dienone is 1. The Hall–Kier alpha value is -1.06. The van der Waals surface area contributed by atoms with Crippen LogP contribution in [-0.4, -0.2) is 6.21 Å². The average molecular weight is 103 g/mol. The van der Waals surface area contributed by atoms with Crippen molar-refractivity contribution in [2.75, 3.05) is 0 Å². The van der Waals surface area contributed by atoms with Crippen molar-refractivity contribution in [2.45, 2.75) is 0 Å². The molecule has 0 aliphatic heterocycles. The first-order chi connectivity index (χ1) is 3.31. The molecule has 4 N–H and O–H groups in total. The van der Waals surface area contributed by atoms with Gasteiger partial charge in [0.05, 0.1) is 6.21 Å². The average Bonchev–Trinajstić information content (AvgIpc) is 1.68. The molecule has 0 saturated heterocycles. The fourth-order valence-electron chi connectivity index (χ4n) is 0.114. The van der Waals surface area contributed by atoms with Gasteiger partial charge in [0.25, 0.3) is 0 Å². The predicted octanol–water partition coefficient (Wildman–Crippen LogP) is -0.300. The molecule has 7 heavy (non-hydrogen) atoms. The van der Waals surface area contributed by atoms with Crippen LogP contribution in [0.3, 0.4) is 0 Å². The van der Waals surface area contributed by atoms with E-state index in [0.717, 1.165) is 12.4 Å². The van der Waals surface area contributed by atoms with Crippen LogP contribution in [0.25, 0.3) is 0 Å². The lowest BCUT2D eigenvalue weighted by molar-refractivity contribution is 0.682. The van der Waals surface area contributed by atoms with Gasteiger partial charge in [0.2, 0.25) is 0 Å². The number of hydrogen-bond donors (Lipinski definition) is 2. The summed E-state index contributed by atoms with van der Waals surface area (Å²) in [5.41, 5.74) is 4.67. The second-order valence-electron chi connectivity index (χ2n) is 0.830. The summed E-state index contributed by atoms with van der Waals surface area (Å²) in [7, 11) is 0. The third kappa shape index (κ3) is 2.75. The van der Waals surface area contributed by atoms with Gasteiger partial charge in [0, 0.05) is 6.20 Å². The molecule has 0 aromatic carbocycles. The van der Waals surface area contributed by atoms with Gasteiger partial charge in [0.15, 0.2) is 5.83 Å². The lowest BCUT2D eigenvalue weighted by Crippen LogP contribution is -1.87. The van der Waals surface area contributed by atoms with Crippen LogP contribution in [0.4, 0.5) is 4.39 Å². The zero-order chi connectivity index (χ0) is 5.70. The highest BCUT2D eigenvalue weighted by atomic mass is 19.1. The van der Waals surface area contributed by atoms with Gasteiger partial charge in [-0.2, -0.15) is 5.10 Å². The van der Waals surface area contributed by atoms with Gasteiger partial charge in [-0.1, -0.05) is 0 Å². The van der Waals surface area contributed by atoms with Crippen molar-refractivity contribution in [2.24, 2.45) is 16.7 Å². The summed E-state index contributed by atoms with van der Waals surface area (Å²) in [5, 5.41) is 2.86. The minimum absolute atomic E-state index is 0.637. The van der Waals surface area contributed by atoms with Crippen LogP contribution in [0.1, 0.15) is 0 Å². The van der Waals surface area contributed by atoms with E-state index in [0.29, 0.717) is 0 Å². The fourth-order valence-corrected chi connectivity index (χ4v) is 0.114. The molecule has 4 heteroatoms. The summed E-state index contributed by atoms with van der Waals surface area (Å²) in [6.07, 6.45) is 1.59. The van der Waals surface area contributed by atoms with E-state index in [2.05, 4.69) is 16.7 Å². The summed E-state index contributed by atoms with van der Waals surface area (Å²) in [4.78, 5) is 0. The Morgan fingerprint density at radius 1 is 1.71 bits per heavy atom. The van der Waals surface area contributed by atoms with E-state index < -0.39 is 5.83 Å². The maximum absolute atomic E-state index is 11.6. The molecule has 0 aliphatic rings. The Morgan fingerprint density at radius 2 is 2.29 bits per heavy atom. The van der Waals surface area contributed by atoms with Crippen molar-refractivity contribution in [3.8, 4) is 0 Å². The third-order valence-electron chi connectivity index (χ3n) is 0.357. The van der Waals surface area contributed by atoms with Crippen LogP contribution < -0.4 is 11.6 Å². The molecule has 40 valence electrons. The Labute approximate surface area is 40.5 Å². The second kappa shape index (κ2) is 3.14. The predicted molar refractivity (Wildman–Crippen MR) is 26.1 cm³/mol. The quantitative estimate of drug-likeness (QED) is 0.272. The van der Waals surface area contributed by atoms with Gasteiger partial charge in [-0.3, -0.25) is 0 Å². The van der Waals surface area contributed by atoms with E-state index in [4.69, 9.17) is 0 Å². The molecule has 0 aromatic rings. The number of halogens is 1. The summed E-state index contributed by atoms with van der Waals surface area (Å²) < 4.78 is 11.6. The van der Waals surface area contributed by atoms with Crippen molar-refractivity contribution in [3.63, 3.8) is 0 Å². The molecular formula is C3H6FN3. The summed E-state index contributed by atoms with van der Waals surface area (Å²) in [6.45, 7) is 0. The van der Waals surface area contributed by atoms with Crippen LogP contribution in [0.5, 0.6) is 0 Å². The lowest BCUT2D eigenvalue weighted by Gasteiger charge is -1.75. The van der Waals surface area contributed by atoms with Crippen molar-refractivity contribution < 1.29 is 4.39 Å². The first kappa shape index (κ1) is 5.94. The largest absolute Gasteiger partial charge is 0.402 e. The zero-order valence-corrected chi connectivity index (χ0v) is 3.63. The van der Waals surface area contributed by atoms with Crippen LogP contribution in [-0.2, 0) is 0 Å². The molecule has 0 spiro atoms. The van der Waals surface area contributed by atoms with Crippen LogP contribution >= 0.6 is 0 Å². The molecule has 0 saturated carbocycles. The number of nitrogens with zero attached hydrogens (tertiary/aromatic N) is 1. The van der Waals surface area contributed by atoms with Crippen molar-refractivity contribution in [1.82, 2.24) is 0 Å². The SMILES string of the molecule is N/C=C(F)\C=N/N. The molecule has 0 aromatic heterocycles. The smallest absolute Gasteiger partial charge is 0.158 e. The molecule has 0 radical (unpaired) electrons. The highest BCUT2D eigenvalue weighted by molar-refractivity contribution is 5.74. The standard InChI is InChI=1S/C3H6FN3/c4-3(1-5)2-7-6/h1-2H,5-6H2/b3-1+,7-2-. The van der Waals surface area contributed by atoms with Crippen molar-refractivity contribution >= 4 is 6.21 Å². The second-order valence-corrected chi connectivity index (χ2v) is 0.830.